The monoisotopic (exact) mass is 539 g/mol. The van der Waals surface area contributed by atoms with Gasteiger partial charge in [-0.1, -0.05) is 27.5 Å². The quantitative estimate of drug-likeness (QED) is 0.492. The van der Waals surface area contributed by atoms with Crippen LogP contribution in [0, 0.1) is 0 Å². The zero-order valence-corrected chi connectivity index (χ0v) is 19.5. The predicted molar refractivity (Wildman–Crippen MR) is 114 cm³/mol. The minimum atomic E-state index is -4.17. The third-order valence-corrected chi connectivity index (χ3v) is 8.37. The first-order chi connectivity index (χ1) is 14.0. The lowest BCUT2D eigenvalue weighted by Crippen LogP contribution is -2.32. The molecule has 3 N–H and O–H groups in total. The Hall–Kier alpha value is -1.37. The maximum atomic E-state index is 12.8. The second kappa shape index (κ2) is 9.01. The smallest absolute Gasteiger partial charge is 0.244 e. The van der Waals surface area contributed by atoms with E-state index < -0.39 is 42.0 Å². The summed E-state index contributed by atoms with van der Waals surface area (Å²) in [5.41, 5.74) is -0.209. The first kappa shape index (κ1) is 23.3. The molecule has 1 unspecified atom stereocenters. The molecule has 1 heterocycles. The van der Waals surface area contributed by atoms with Gasteiger partial charge in [-0.15, -0.1) is 0 Å². The lowest BCUT2D eigenvalue weighted by molar-refractivity contribution is 0.114. The van der Waals surface area contributed by atoms with Gasteiger partial charge in [0.05, 0.1) is 11.9 Å². The molecule has 0 aliphatic carbocycles. The second-order valence-electron chi connectivity index (χ2n) is 6.77. The number of ether oxygens (including phenoxy) is 1. The van der Waals surface area contributed by atoms with Crippen LogP contribution in [0.1, 0.15) is 18.4 Å². The highest BCUT2D eigenvalue weighted by Crippen LogP contribution is 2.35. The molecule has 0 radical (unpaired) electrons. The van der Waals surface area contributed by atoms with Crippen LogP contribution in [0.4, 0.5) is 0 Å². The van der Waals surface area contributed by atoms with Crippen LogP contribution in [0.15, 0.2) is 44.6 Å². The van der Waals surface area contributed by atoms with Gasteiger partial charge in [0, 0.05) is 28.2 Å². The van der Waals surface area contributed by atoms with Gasteiger partial charge in [-0.25, -0.2) is 21.6 Å². The highest BCUT2D eigenvalue weighted by atomic mass is 79.9. The van der Waals surface area contributed by atoms with Gasteiger partial charge < -0.3 is 14.9 Å². The lowest BCUT2D eigenvalue weighted by atomic mass is 10.2. The average molecular weight is 541 g/mol. The zero-order valence-electron chi connectivity index (χ0n) is 15.5. The van der Waals surface area contributed by atoms with Crippen LogP contribution in [-0.2, 0) is 30.4 Å². The summed E-state index contributed by atoms with van der Waals surface area (Å²) in [6, 6.07) is 6.10. The number of nitrogens with one attached hydrogen (secondary N) is 1. The number of benzene rings is 2. The number of hydrogen-bond acceptors (Lipinski definition) is 7. The maximum absolute atomic E-state index is 12.8. The van der Waals surface area contributed by atoms with E-state index in [4.69, 9.17) is 16.3 Å². The van der Waals surface area contributed by atoms with Crippen LogP contribution >= 0.6 is 27.5 Å². The summed E-state index contributed by atoms with van der Waals surface area (Å²) < 4.78 is 59.1. The number of sulfonamides is 1. The topological polar surface area (TPSA) is 130 Å². The van der Waals surface area contributed by atoms with Gasteiger partial charge in [0.15, 0.2) is 9.84 Å². The van der Waals surface area contributed by atoms with Crippen molar-refractivity contribution in [3.63, 3.8) is 0 Å². The summed E-state index contributed by atoms with van der Waals surface area (Å²) >= 11 is 9.15. The summed E-state index contributed by atoms with van der Waals surface area (Å²) in [7, 11) is -8.30. The fourth-order valence-electron chi connectivity index (χ4n) is 3.05. The van der Waals surface area contributed by atoms with E-state index >= 15 is 0 Å². The van der Waals surface area contributed by atoms with Crippen LogP contribution in [0.2, 0.25) is 5.02 Å². The number of phenols is 2. The third-order valence-electron chi connectivity index (χ3n) is 4.54. The van der Waals surface area contributed by atoms with E-state index in [0.717, 1.165) is 12.5 Å². The van der Waals surface area contributed by atoms with Gasteiger partial charge in [0.25, 0.3) is 0 Å². The second-order valence-corrected chi connectivity index (χ2v) is 11.8. The fourth-order valence-corrected chi connectivity index (χ4v) is 6.57. The van der Waals surface area contributed by atoms with E-state index in [-0.39, 0.29) is 28.1 Å². The minimum absolute atomic E-state index is 0.0217. The number of sulfone groups is 1. The molecule has 1 aliphatic rings. The van der Waals surface area contributed by atoms with E-state index in [1.54, 1.807) is 0 Å². The van der Waals surface area contributed by atoms with Gasteiger partial charge in [0.2, 0.25) is 10.0 Å². The molecule has 0 saturated carbocycles. The molecule has 1 atom stereocenters. The van der Waals surface area contributed by atoms with Gasteiger partial charge in [-0.05, 0) is 43.2 Å². The van der Waals surface area contributed by atoms with Crippen molar-refractivity contribution in [1.82, 2.24) is 4.72 Å². The average Bonchev–Trinajstić information content (AvgIpc) is 3.18. The standard InChI is InChI=1S/C18H19BrClNO7S2/c19-12-3-4-15(22)16(7-12)29(24,25)10-11-6-13(20)8-17(18(11)23)30(26,27)21-9-14-2-1-5-28-14/h3-4,6-8,14,21-23H,1-2,5,9-10H2. The van der Waals surface area contributed by atoms with E-state index in [9.17, 15) is 27.0 Å². The molecule has 1 fully saturated rings. The van der Waals surface area contributed by atoms with Crippen molar-refractivity contribution in [3.8, 4) is 11.5 Å². The summed E-state index contributed by atoms with van der Waals surface area (Å²) in [4.78, 5) is -0.895. The Morgan fingerprint density at radius 1 is 1.13 bits per heavy atom. The van der Waals surface area contributed by atoms with Gasteiger partial charge in [0.1, 0.15) is 21.3 Å². The molecular formula is C18H19BrClNO7S2. The summed E-state index contributed by atoms with van der Waals surface area (Å²) in [6.45, 7) is 0.576. The Morgan fingerprint density at radius 2 is 1.87 bits per heavy atom. The first-order valence-electron chi connectivity index (χ1n) is 8.83. The number of phenolic OH excluding ortho intramolecular Hbond substituents is 2. The molecule has 0 aromatic heterocycles. The van der Waals surface area contributed by atoms with Crippen molar-refractivity contribution < 1.29 is 31.8 Å². The Balaban J connectivity index is 1.93. The molecule has 0 bridgehead atoms. The molecule has 8 nitrogen and oxygen atoms in total. The molecule has 2 aromatic rings. The number of hydrogen-bond donors (Lipinski definition) is 3. The van der Waals surface area contributed by atoms with E-state index in [2.05, 4.69) is 20.7 Å². The highest BCUT2D eigenvalue weighted by Gasteiger charge is 2.28. The van der Waals surface area contributed by atoms with Crippen molar-refractivity contribution in [1.29, 1.82) is 0 Å². The van der Waals surface area contributed by atoms with Crippen molar-refractivity contribution in [2.75, 3.05) is 13.2 Å². The molecule has 1 saturated heterocycles. The van der Waals surface area contributed by atoms with Crippen LogP contribution in [-0.4, -0.2) is 46.3 Å². The van der Waals surface area contributed by atoms with Gasteiger partial charge in [-0.2, -0.15) is 0 Å². The number of halogens is 2. The molecular weight excluding hydrogens is 522 g/mol. The van der Waals surface area contributed by atoms with Crippen molar-refractivity contribution in [2.24, 2.45) is 0 Å². The van der Waals surface area contributed by atoms with Crippen LogP contribution in [0.5, 0.6) is 11.5 Å². The molecule has 1 aliphatic heterocycles. The Morgan fingerprint density at radius 3 is 2.53 bits per heavy atom. The maximum Gasteiger partial charge on any atom is 0.244 e. The Labute approximate surface area is 187 Å². The lowest BCUT2D eigenvalue weighted by Gasteiger charge is -2.15. The Kier molecular flexibility index (Phi) is 7.00. The number of rotatable bonds is 7. The van der Waals surface area contributed by atoms with Gasteiger partial charge in [-0.3, -0.25) is 0 Å². The Bertz CT molecular complexity index is 1160. The molecule has 0 amide bonds. The zero-order chi connectivity index (χ0) is 22.1. The van der Waals surface area contributed by atoms with E-state index in [1.807, 2.05) is 0 Å². The van der Waals surface area contributed by atoms with E-state index in [1.165, 1.54) is 24.3 Å². The summed E-state index contributed by atoms with van der Waals surface area (Å²) in [6.07, 6.45) is 1.28. The molecule has 3 rings (SSSR count). The molecule has 0 spiro atoms. The fraction of sp³-hybridized carbons (Fsp3) is 0.333. The van der Waals surface area contributed by atoms with Crippen LogP contribution < -0.4 is 4.72 Å². The largest absolute Gasteiger partial charge is 0.507 e. The van der Waals surface area contributed by atoms with Crippen molar-refractivity contribution in [2.45, 2.75) is 34.5 Å². The van der Waals surface area contributed by atoms with Crippen LogP contribution in [0.25, 0.3) is 0 Å². The third kappa shape index (κ3) is 5.27. The predicted octanol–water partition coefficient (Wildman–Crippen LogP) is 2.94. The normalized spacial score (nSPS) is 17.3. The van der Waals surface area contributed by atoms with E-state index in [0.29, 0.717) is 17.5 Å². The molecule has 164 valence electrons. The molecule has 30 heavy (non-hydrogen) atoms. The summed E-state index contributed by atoms with van der Waals surface area (Å²) in [5, 5.41) is 20.4. The van der Waals surface area contributed by atoms with Crippen molar-refractivity contribution >= 4 is 47.4 Å². The van der Waals surface area contributed by atoms with Crippen LogP contribution in [0.3, 0.4) is 0 Å². The first-order valence-corrected chi connectivity index (χ1v) is 13.1. The molecule has 2 aromatic carbocycles. The van der Waals surface area contributed by atoms with Gasteiger partial charge >= 0.3 is 0 Å². The highest BCUT2D eigenvalue weighted by molar-refractivity contribution is 9.10. The SMILES string of the molecule is O=S(=O)(Cc1cc(Cl)cc(S(=O)(=O)NCC2CCCO2)c1O)c1cc(Br)ccc1O. The molecule has 12 heteroatoms. The minimum Gasteiger partial charge on any atom is -0.507 e. The summed E-state index contributed by atoms with van der Waals surface area (Å²) in [5.74, 6) is -1.96. The van der Waals surface area contributed by atoms with Crippen molar-refractivity contribution in [3.05, 3.63) is 45.4 Å². The number of aromatic hydroxyl groups is 2.